The molecule has 0 heterocycles. The third kappa shape index (κ3) is 9.65. The Kier molecular flexibility index (Phi) is 12.3. The highest BCUT2D eigenvalue weighted by Gasteiger charge is 2.21. The summed E-state index contributed by atoms with van der Waals surface area (Å²) in [6.45, 7) is 3.13. The van der Waals surface area contributed by atoms with E-state index in [4.69, 9.17) is 28.7 Å². The molecular formula is C26H30O10. The summed E-state index contributed by atoms with van der Waals surface area (Å²) in [7, 11) is 0. The average Bonchev–Trinajstić information content (AvgIpc) is 2.89. The fourth-order valence-electron chi connectivity index (χ4n) is 2.79. The number of carbonyl (C=O) groups is 4. The van der Waals surface area contributed by atoms with E-state index >= 15 is 0 Å². The molecule has 0 atom stereocenters. The molecule has 0 spiro atoms. The van der Waals surface area contributed by atoms with Gasteiger partial charge in [-0.25, -0.2) is 19.4 Å². The lowest BCUT2D eigenvalue weighted by molar-refractivity contribution is -0.187. The zero-order valence-corrected chi connectivity index (χ0v) is 20.4. The monoisotopic (exact) mass is 502 g/mol. The van der Waals surface area contributed by atoms with E-state index < -0.39 is 23.9 Å². The van der Waals surface area contributed by atoms with Crippen molar-refractivity contribution in [2.45, 2.75) is 52.4 Å². The number of rotatable bonds is 14. The Balaban J connectivity index is 1.90. The van der Waals surface area contributed by atoms with Gasteiger partial charge in [-0.3, -0.25) is 9.59 Å². The van der Waals surface area contributed by atoms with Crippen molar-refractivity contribution >= 4 is 23.9 Å². The van der Waals surface area contributed by atoms with Gasteiger partial charge in [-0.1, -0.05) is 51.0 Å². The maximum absolute atomic E-state index is 12.5. The van der Waals surface area contributed by atoms with Gasteiger partial charge in [-0.05, 0) is 37.1 Å². The van der Waals surface area contributed by atoms with Crippen molar-refractivity contribution in [2.75, 3.05) is 13.6 Å². The van der Waals surface area contributed by atoms with Crippen molar-refractivity contribution in [3.63, 3.8) is 0 Å². The normalized spacial score (nSPS) is 10.2. The summed E-state index contributed by atoms with van der Waals surface area (Å²) >= 11 is 0. The molecule has 0 fully saturated rings. The molecule has 0 aliphatic carbocycles. The Morgan fingerprint density at radius 1 is 0.611 bits per heavy atom. The molecular weight excluding hydrogens is 472 g/mol. The summed E-state index contributed by atoms with van der Waals surface area (Å²) in [5, 5.41) is 0. The molecule has 10 nitrogen and oxygen atoms in total. The van der Waals surface area contributed by atoms with E-state index in [1.165, 1.54) is 24.3 Å². The molecule has 0 saturated heterocycles. The van der Waals surface area contributed by atoms with Crippen LogP contribution in [0.25, 0.3) is 0 Å². The van der Waals surface area contributed by atoms with Crippen LogP contribution in [0.5, 0.6) is 11.5 Å². The predicted octanol–water partition coefficient (Wildman–Crippen LogP) is 4.75. The molecule has 0 amide bonds. The van der Waals surface area contributed by atoms with E-state index in [-0.39, 0.29) is 49.1 Å². The number of benzene rings is 2. The third-order valence-electron chi connectivity index (χ3n) is 4.74. The fourth-order valence-corrected chi connectivity index (χ4v) is 2.79. The van der Waals surface area contributed by atoms with E-state index in [1.54, 1.807) is 24.3 Å². The lowest BCUT2D eigenvalue weighted by Crippen LogP contribution is -2.16. The van der Waals surface area contributed by atoms with Crippen LogP contribution in [0.1, 0.15) is 73.1 Å². The van der Waals surface area contributed by atoms with Gasteiger partial charge in [-0.2, -0.15) is 0 Å². The van der Waals surface area contributed by atoms with Crippen LogP contribution in [-0.2, 0) is 28.8 Å². The molecule has 0 aromatic heterocycles. The Morgan fingerprint density at radius 2 is 1.00 bits per heavy atom. The Morgan fingerprint density at radius 3 is 1.39 bits per heavy atom. The van der Waals surface area contributed by atoms with Gasteiger partial charge in [0.25, 0.3) is 0 Å². The third-order valence-corrected chi connectivity index (χ3v) is 4.74. The second-order valence-corrected chi connectivity index (χ2v) is 7.50. The molecule has 0 radical (unpaired) electrons. The molecule has 0 bridgehead atoms. The van der Waals surface area contributed by atoms with Gasteiger partial charge < -0.3 is 18.9 Å². The zero-order valence-electron chi connectivity index (χ0n) is 20.4. The van der Waals surface area contributed by atoms with Gasteiger partial charge in [0.2, 0.25) is 13.6 Å². The molecule has 2 rings (SSSR count). The van der Waals surface area contributed by atoms with Crippen molar-refractivity contribution in [2.24, 2.45) is 0 Å². The molecule has 36 heavy (non-hydrogen) atoms. The summed E-state index contributed by atoms with van der Waals surface area (Å²) in [4.78, 5) is 57.6. The summed E-state index contributed by atoms with van der Waals surface area (Å²) in [5.41, 5.74) is -0.0862. The Bertz CT molecular complexity index is 936. The van der Waals surface area contributed by atoms with Gasteiger partial charge in [0.15, 0.2) is 0 Å². The Labute approximate surface area is 209 Å². The highest BCUT2D eigenvalue weighted by molar-refractivity contribution is 5.95. The van der Waals surface area contributed by atoms with Crippen LogP contribution < -0.4 is 9.47 Å². The van der Waals surface area contributed by atoms with Crippen molar-refractivity contribution in [1.82, 2.24) is 0 Å². The van der Waals surface area contributed by atoms with Crippen molar-refractivity contribution in [3.8, 4) is 11.5 Å². The summed E-state index contributed by atoms with van der Waals surface area (Å²) in [6, 6.07) is 12.1. The van der Waals surface area contributed by atoms with Crippen molar-refractivity contribution < 1.29 is 47.9 Å². The van der Waals surface area contributed by atoms with Gasteiger partial charge in [0.1, 0.15) is 22.6 Å². The molecule has 194 valence electrons. The molecule has 0 aliphatic rings. The van der Waals surface area contributed by atoms with Crippen LogP contribution in [0.4, 0.5) is 0 Å². The first-order valence-corrected chi connectivity index (χ1v) is 11.6. The summed E-state index contributed by atoms with van der Waals surface area (Å²) in [6.07, 6.45) is 3.65. The van der Waals surface area contributed by atoms with Crippen LogP contribution in [0.15, 0.2) is 48.5 Å². The van der Waals surface area contributed by atoms with E-state index in [0.29, 0.717) is 12.8 Å². The minimum Gasteiger partial charge on any atom is -0.456 e. The minimum absolute atomic E-state index is 0.0431. The number of esters is 2. The second-order valence-electron chi connectivity index (χ2n) is 7.50. The van der Waals surface area contributed by atoms with Crippen LogP contribution >= 0.6 is 0 Å². The van der Waals surface area contributed by atoms with Crippen LogP contribution in [0.3, 0.4) is 0 Å². The first-order chi connectivity index (χ1) is 17.5. The number of carbonyl (C=O) groups excluding carboxylic acids is 4. The summed E-state index contributed by atoms with van der Waals surface area (Å²) in [5.74, 6) is -2.67. The molecule has 0 N–H and O–H groups in total. The first kappa shape index (κ1) is 28.2. The molecule has 0 unspecified atom stereocenters. The second kappa shape index (κ2) is 15.8. The topological polar surface area (TPSA) is 124 Å². The number of ether oxygens (including phenoxy) is 4. The van der Waals surface area contributed by atoms with E-state index in [1.807, 2.05) is 13.8 Å². The fraction of sp³-hybridized carbons (Fsp3) is 0.385. The summed E-state index contributed by atoms with van der Waals surface area (Å²) < 4.78 is 20.7. The largest absolute Gasteiger partial charge is 0.456 e. The lowest BCUT2D eigenvalue weighted by Gasteiger charge is -2.12. The zero-order chi connectivity index (χ0) is 26.2. The number of para-hydroxylation sites is 2. The highest BCUT2D eigenvalue weighted by atomic mass is 17.2. The maximum atomic E-state index is 12.5. The Hall–Kier alpha value is -4.08. The van der Waals surface area contributed by atoms with E-state index in [2.05, 4.69) is 0 Å². The lowest BCUT2D eigenvalue weighted by atomic mass is 10.2. The quantitative estimate of drug-likeness (QED) is 0.155. The molecule has 0 saturated carbocycles. The average molecular weight is 503 g/mol. The predicted molar refractivity (Wildman–Crippen MR) is 126 cm³/mol. The van der Waals surface area contributed by atoms with Gasteiger partial charge >= 0.3 is 23.9 Å². The van der Waals surface area contributed by atoms with Gasteiger partial charge in [0, 0.05) is 12.8 Å². The van der Waals surface area contributed by atoms with Gasteiger partial charge in [0.05, 0.1) is 0 Å². The molecule has 2 aromatic rings. The molecule has 0 aliphatic heterocycles. The van der Waals surface area contributed by atoms with Crippen LogP contribution in [-0.4, -0.2) is 37.5 Å². The van der Waals surface area contributed by atoms with E-state index in [0.717, 1.165) is 12.8 Å². The standard InChI is InChI=1S/C26H30O10/c1-3-5-15-23(27)33-17-31-21-13-9-7-11-19(21)25(29)35-36-26(30)20-12-8-10-14-22(20)32-18-34-24(28)16-6-4-2/h7-14H,3-6,15-18H2,1-2H3. The highest BCUT2D eigenvalue weighted by Crippen LogP contribution is 2.22. The van der Waals surface area contributed by atoms with Gasteiger partial charge in [-0.15, -0.1) is 0 Å². The molecule has 2 aromatic carbocycles. The maximum Gasteiger partial charge on any atom is 0.390 e. The SMILES string of the molecule is CCCCC(=O)OCOc1ccccc1C(=O)OOC(=O)c1ccccc1OCOC(=O)CCCC. The minimum atomic E-state index is -1.00. The number of hydrogen-bond donors (Lipinski definition) is 0. The van der Waals surface area contributed by atoms with Crippen LogP contribution in [0, 0.1) is 0 Å². The van der Waals surface area contributed by atoms with Crippen molar-refractivity contribution in [3.05, 3.63) is 59.7 Å². The smallest absolute Gasteiger partial charge is 0.390 e. The first-order valence-electron chi connectivity index (χ1n) is 11.6. The van der Waals surface area contributed by atoms with E-state index in [9.17, 15) is 19.2 Å². The van der Waals surface area contributed by atoms with Crippen LogP contribution in [0.2, 0.25) is 0 Å². The van der Waals surface area contributed by atoms with Crippen molar-refractivity contribution in [1.29, 1.82) is 0 Å². The number of unbranched alkanes of at least 4 members (excludes halogenated alkanes) is 2. The molecule has 10 heteroatoms. The number of hydrogen-bond acceptors (Lipinski definition) is 10.